The van der Waals surface area contributed by atoms with Gasteiger partial charge in [-0.2, -0.15) is 0 Å². The first kappa shape index (κ1) is 9.70. The zero-order chi connectivity index (χ0) is 9.52. The summed E-state index contributed by atoms with van der Waals surface area (Å²) in [5, 5.41) is 2.74. The van der Waals surface area contributed by atoms with Gasteiger partial charge in [-0.25, -0.2) is 5.43 Å². The van der Waals surface area contributed by atoms with E-state index in [1.807, 2.05) is 30.3 Å². The summed E-state index contributed by atoms with van der Waals surface area (Å²) < 4.78 is 0. The molecule has 1 rings (SSSR count). The molecule has 1 aromatic carbocycles. The lowest BCUT2D eigenvalue weighted by Crippen LogP contribution is -2.35. The number of hydrogen-bond donors (Lipinski definition) is 3. The van der Waals surface area contributed by atoms with Crippen molar-refractivity contribution >= 4 is 11.6 Å². The van der Waals surface area contributed by atoms with Gasteiger partial charge in [0.15, 0.2) is 0 Å². The molecule has 0 aliphatic heterocycles. The summed E-state index contributed by atoms with van der Waals surface area (Å²) in [7, 11) is 1.72. The van der Waals surface area contributed by atoms with E-state index in [2.05, 4.69) is 16.2 Å². The first-order valence-electron chi connectivity index (χ1n) is 4.07. The van der Waals surface area contributed by atoms with Gasteiger partial charge < -0.3 is 5.32 Å². The smallest absolute Gasteiger partial charge is 0.239 e. The number of carbonyl (C=O) groups excluding carboxylic acids is 1. The number of hydrogen-bond acceptors (Lipinski definition) is 3. The first-order chi connectivity index (χ1) is 6.33. The maximum Gasteiger partial charge on any atom is 0.239 e. The monoisotopic (exact) mass is 179 g/mol. The van der Waals surface area contributed by atoms with Gasteiger partial charge in [-0.3, -0.25) is 10.2 Å². The van der Waals surface area contributed by atoms with Crippen LogP contribution < -0.4 is 16.2 Å². The maximum absolute atomic E-state index is 11.2. The van der Waals surface area contributed by atoms with Gasteiger partial charge in [-0.1, -0.05) is 18.2 Å². The highest BCUT2D eigenvalue weighted by molar-refractivity contribution is 5.92. The predicted molar refractivity (Wildman–Crippen MR) is 52.1 cm³/mol. The summed E-state index contributed by atoms with van der Waals surface area (Å²) in [5.41, 5.74) is 6.19. The molecule has 13 heavy (non-hydrogen) atoms. The summed E-state index contributed by atoms with van der Waals surface area (Å²) >= 11 is 0. The fourth-order valence-corrected chi connectivity index (χ4v) is 0.895. The highest BCUT2D eigenvalue weighted by Crippen LogP contribution is 2.03. The average molecular weight is 179 g/mol. The highest BCUT2D eigenvalue weighted by atomic mass is 16.2. The maximum atomic E-state index is 11.2. The molecular weight excluding hydrogens is 166 g/mol. The van der Waals surface area contributed by atoms with Crippen LogP contribution >= 0.6 is 0 Å². The van der Waals surface area contributed by atoms with Crippen LogP contribution in [-0.2, 0) is 4.79 Å². The molecule has 1 aromatic rings. The minimum absolute atomic E-state index is 0.0689. The third-order valence-electron chi connectivity index (χ3n) is 1.48. The molecule has 0 fully saturated rings. The third kappa shape index (κ3) is 3.68. The van der Waals surface area contributed by atoms with E-state index in [0.29, 0.717) is 0 Å². The summed E-state index contributed by atoms with van der Waals surface area (Å²) in [4.78, 5) is 11.2. The van der Waals surface area contributed by atoms with Crippen molar-refractivity contribution in [3.63, 3.8) is 0 Å². The van der Waals surface area contributed by atoms with Gasteiger partial charge >= 0.3 is 0 Å². The van der Waals surface area contributed by atoms with Crippen LogP contribution in [0.15, 0.2) is 30.3 Å². The lowest BCUT2D eigenvalue weighted by molar-refractivity contribution is -0.115. The number of rotatable bonds is 4. The molecule has 3 N–H and O–H groups in total. The Bertz CT molecular complexity index is 261. The second-order valence-corrected chi connectivity index (χ2v) is 2.52. The van der Waals surface area contributed by atoms with Crippen molar-refractivity contribution in [2.24, 2.45) is 0 Å². The van der Waals surface area contributed by atoms with Crippen LogP contribution in [0, 0.1) is 0 Å². The van der Waals surface area contributed by atoms with Crippen molar-refractivity contribution in [2.45, 2.75) is 0 Å². The number of anilines is 1. The molecule has 0 radical (unpaired) electrons. The largest absolute Gasteiger partial charge is 0.325 e. The molecule has 0 aliphatic rings. The number of carbonyl (C=O) groups is 1. The Balaban J connectivity index is 2.37. The van der Waals surface area contributed by atoms with Crippen molar-refractivity contribution in [1.82, 2.24) is 10.9 Å². The SMILES string of the molecule is CNNCC(=O)Nc1ccccc1. The third-order valence-corrected chi connectivity index (χ3v) is 1.48. The molecule has 0 unspecified atom stereocenters. The standard InChI is InChI=1S/C9H13N3O/c1-10-11-7-9(13)12-8-5-3-2-4-6-8/h2-6,10-11H,7H2,1H3,(H,12,13). The van der Waals surface area contributed by atoms with Crippen LogP contribution in [0.5, 0.6) is 0 Å². The summed E-state index contributed by atoms with van der Waals surface area (Å²) in [5.74, 6) is -0.0689. The summed E-state index contributed by atoms with van der Waals surface area (Å²) in [6.07, 6.45) is 0. The Morgan fingerprint density at radius 2 is 2.00 bits per heavy atom. The van der Waals surface area contributed by atoms with E-state index in [1.165, 1.54) is 0 Å². The van der Waals surface area contributed by atoms with Gasteiger partial charge in [-0.15, -0.1) is 0 Å². The summed E-state index contributed by atoms with van der Waals surface area (Å²) in [6.45, 7) is 0.255. The number of benzene rings is 1. The van der Waals surface area contributed by atoms with Gasteiger partial charge in [-0.05, 0) is 19.2 Å². The van der Waals surface area contributed by atoms with E-state index in [-0.39, 0.29) is 12.5 Å². The molecule has 0 aliphatic carbocycles. The molecule has 0 atom stereocenters. The van der Waals surface area contributed by atoms with E-state index >= 15 is 0 Å². The van der Waals surface area contributed by atoms with Crippen molar-refractivity contribution < 1.29 is 4.79 Å². The van der Waals surface area contributed by atoms with E-state index in [4.69, 9.17) is 0 Å². The predicted octanol–water partition coefficient (Wildman–Crippen LogP) is 0.349. The minimum Gasteiger partial charge on any atom is -0.325 e. The molecule has 0 bridgehead atoms. The summed E-state index contributed by atoms with van der Waals surface area (Å²) in [6, 6.07) is 9.35. The lowest BCUT2D eigenvalue weighted by atomic mass is 10.3. The number of nitrogens with one attached hydrogen (secondary N) is 3. The Hall–Kier alpha value is -1.39. The Labute approximate surface area is 77.3 Å². The Morgan fingerprint density at radius 3 is 2.62 bits per heavy atom. The van der Waals surface area contributed by atoms with Crippen LogP contribution in [0.1, 0.15) is 0 Å². The molecule has 1 amide bonds. The number of hydrazine groups is 1. The van der Waals surface area contributed by atoms with Crippen molar-refractivity contribution in [3.05, 3.63) is 30.3 Å². The number of amides is 1. The Morgan fingerprint density at radius 1 is 1.31 bits per heavy atom. The lowest BCUT2D eigenvalue weighted by Gasteiger charge is -2.04. The molecular formula is C9H13N3O. The van der Waals surface area contributed by atoms with Crippen molar-refractivity contribution in [1.29, 1.82) is 0 Å². The zero-order valence-electron chi connectivity index (χ0n) is 7.50. The van der Waals surface area contributed by atoms with Gasteiger partial charge in [0.2, 0.25) is 5.91 Å². The fourth-order valence-electron chi connectivity index (χ4n) is 0.895. The van der Waals surface area contributed by atoms with Gasteiger partial charge in [0.1, 0.15) is 0 Å². The van der Waals surface area contributed by atoms with Gasteiger partial charge in [0, 0.05) is 5.69 Å². The molecule has 0 saturated heterocycles. The van der Waals surface area contributed by atoms with Crippen LogP contribution in [0.2, 0.25) is 0 Å². The van der Waals surface area contributed by atoms with E-state index in [0.717, 1.165) is 5.69 Å². The average Bonchev–Trinajstić information content (AvgIpc) is 2.16. The van der Waals surface area contributed by atoms with Gasteiger partial charge in [0.25, 0.3) is 0 Å². The molecule has 0 aromatic heterocycles. The topological polar surface area (TPSA) is 53.2 Å². The normalized spacial score (nSPS) is 9.62. The van der Waals surface area contributed by atoms with E-state index < -0.39 is 0 Å². The molecule has 0 spiro atoms. The Kier molecular flexibility index (Phi) is 3.95. The van der Waals surface area contributed by atoms with Crippen LogP contribution in [0.4, 0.5) is 5.69 Å². The van der Waals surface area contributed by atoms with Gasteiger partial charge in [0.05, 0.1) is 6.54 Å². The second kappa shape index (κ2) is 5.29. The molecule has 4 heteroatoms. The van der Waals surface area contributed by atoms with Crippen LogP contribution in [0.25, 0.3) is 0 Å². The van der Waals surface area contributed by atoms with E-state index in [1.54, 1.807) is 7.05 Å². The number of para-hydroxylation sites is 1. The zero-order valence-corrected chi connectivity index (χ0v) is 7.50. The van der Waals surface area contributed by atoms with Crippen LogP contribution in [-0.4, -0.2) is 19.5 Å². The fraction of sp³-hybridized carbons (Fsp3) is 0.222. The van der Waals surface area contributed by atoms with E-state index in [9.17, 15) is 4.79 Å². The molecule has 0 saturated carbocycles. The van der Waals surface area contributed by atoms with Crippen molar-refractivity contribution in [2.75, 3.05) is 18.9 Å². The molecule has 4 nitrogen and oxygen atoms in total. The quantitative estimate of drug-likeness (QED) is 0.584. The second-order valence-electron chi connectivity index (χ2n) is 2.52. The van der Waals surface area contributed by atoms with Crippen molar-refractivity contribution in [3.8, 4) is 0 Å². The van der Waals surface area contributed by atoms with Crippen LogP contribution in [0.3, 0.4) is 0 Å². The highest BCUT2D eigenvalue weighted by Gasteiger charge is 1.98. The minimum atomic E-state index is -0.0689. The molecule has 70 valence electrons. The first-order valence-corrected chi connectivity index (χ1v) is 4.07. The molecule has 0 heterocycles.